The molecule has 0 unspecified atom stereocenters. The van der Waals surface area contributed by atoms with Gasteiger partial charge in [-0.3, -0.25) is 4.79 Å². The number of hydrogen-bond donors (Lipinski definition) is 2. The SMILES string of the molecule is C=CC1=C(/C=C\C)C2(CCN(C(=O)C3CCNCC3)CC2)CC1=N.CC. The molecule has 26 heavy (non-hydrogen) atoms. The number of rotatable bonds is 3. The molecule has 2 aliphatic heterocycles. The van der Waals surface area contributed by atoms with Crippen molar-refractivity contribution in [2.45, 2.75) is 52.9 Å². The first-order valence-corrected chi connectivity index (χ1v) is 10.2. The molecule has 0 saturated carbocycles. The van der Waals surface area contributed by atoms with E-state index in [0.29, 0.717) is 11.6 Å². The molecule has 0 radical (unpaired) electrons. The molecule has 2 saturated heterocycles. The molecule has 144 valence electrons. The standard InChI is InChI=1S/C20H29N3O.C2H6/c1-3-5-17-16(4-2)18(21)14-20(17)8-12-23(13-9-20)19(24)15-6-10-22-11-7-15;1-2/h3-5,15,21-22H,2,6-14H2,1H3;1-2H3/b5-3-,21-18?;. The lowest BCUT2D eigenvalue weighted by Crippen LogP contribution is -2.47. The zero-order valence-corrected chi connectivity index (χ0v) is 16.7. The van der Waals surface area contributed by atoms with E-state index >= 15 is 0 Å². The number of likely N-dealkylation sites (tertiary alicyclic amines) is 1. The van der Waals surface area contributed by atoms with Crippen molar-refractivity contribution in [2.75, 3.05) is 26.2 Å². The second kappa shape index (κ2) is 9.31. The molecule has 0 aromatic heterocycles. The van der Waals surface area contributed by atoms with Crippen LogP contribution < -0.4 is 5.32 Å². The van der Waals surface area contributed by atoms with Crippen LogP contribution >= 0.6 is 0 Å². The first-order valence-electron chi connectivity index (χ1n) is 10.2. The summed E-state index contributed by atoms with van der Waals surface area (Å²) in [7, 11) is 0. The Morgan fingerprint density at radius 2 is 1.88 bits per heavy atom. The van der Waals surface area contributed by atoms with Gasteiger partial charge in [-0.05, 0) is 63.3 Å². The number of nitrogens with one attached hydrogen (secondary N) is 2. The minimum absolute atomic E-state index is 0.0397. The summed E-state index contributed by atoms with van der Waals surface area (Å²) in [6.07, 6.45) is 10.7. The summed E-state index contributed by atoms with van der Waals surface area (Å²) < 4.78 is 0. The van der Waals surface area contributed by atoms with Gasteiger partial charge in [0, 0.05) is 30.1 Å². The van der Waals surface area contributed by atoms with Crippen LogP contribution in [-0.2, 0) is 4.79 Å². The minimum Gasteiger partial charge on any atom is -0.342 e. The highest BCUT2D eigenvalue weighted by Crippen LogP contribution is 2.49. The summed E-state index contributed by atoms with van der Waals surface area (Å²) in [6, 6.07) is 0. The highest BCUT2D eigenvalue weighted by atomic mass is 16.2. The van der Waals surface area contributed by atoms with Gasteiger partial charge in [-0.2, -0.15) is 0 Å². The van der Waals surface area contributed by atoms with Crippen LogP contribution in [0.15, 0.2) is 36.0 Å². The summed E-state index contributed by atoms with van der Waals surface area (Å²) in [5.41, 5.74) is 3.01. The Labute approximate surface area is 158 Å². The zero-order chi connectivity index (χ0) is 19.2. The Morgan fingerprint density at radius 1 is 1.27 bits per heavy atom. The van der Waals surface area contributed by atoms with Gasteiger partial charge in [0.05, 0.1) is 0 Å². The number of hydrogen-bond acceptors (Lipinski definition) is 3. The van der Waals surface area contributed by atoms with Crippen LogP contribution in [0, 0.1) is 16.7 Å². The fourth-order valence-electron chi connectivity index (χ4n) is 4.57. The van der Waals surface area contributed by atoms with Crippen LogP contribution in [0.5, 0.6) is 0 Å². The van der Waals surface area contributed by atoms with Gasteiger partial charge in [-0.25, -0.2) is 0 Å². The Morgan fingerprint density at radius 3 is 2.42 bits per heavy atom. The monoisotopic (exact) mass is 357 g/mol. The second-order valence-electron chi connectivity index (χ2n) is 7.32. The molecule has 2 heterocycles. The highest BCUT2D eigenvalue weighted by molar-refractivity contribution is 6.05. The maximum Gasteiger partial charge on any atom is 0.225 e. The van der Waals surface area contributed by atoms with Crippen molar-refractivity contribution in [3.63, 3.8) is 0 Å². The van der Waals surface area contributed by atoms with Crippen molar-refractivity contribution >= 4 is 11.6 Å². The number of amides is 1. The molecule has 3 rings (SSSR count). The van der Waals surface area contributed by atoms with E-state index in [4.69, 9.17) is 5.41 Å². The van der Waals surface area contributed by atoms with Gasteiger partial charge < -0.3 is 15.6 Å². The topological polar surface area (TPSA) is 56.2 Å². The molecule has 1 aliphatic carbocycles. The Kier molecular flexibility index (Phi) is 7.39. The lowest BCUT2D eigenvalue weighted by Gasteiger charge is -2.42. The van der Waals surface area contributed by atoms with Gasteiger partial charge in [0.2, 0.25) is 5.91 Å². The van der Waals surface area contributed by atoms with E-state index in [1.165, 1.54) is 5.57 Å². The highest BCUT2D eigenvalue weighted by Gasteiger charge is 2.44. The van der Waals surface area contributed by atoms with Crippen LogP contribution in [0.2, 0.25) is 0 Å². The molecule has 1 amide bonds. The molecule has 3 aliphatic rings. The van der Waals surface area contributed by atoms with E-state index in [1.807, 2.05) is 26.8 Å². The molecular weight excluding hydrogens is 322 g/mol. The average Bonchev–Trinajstić information content (AvgIpc) is 2.95. The third kappa shape index (κ3) is 4.01. The molecule has 0 bridgehead atoms. The van der Waals surface area contributed by atoms with Crippen LogP contribution in [0.25, 0.3) is 0 Å². The fourth-order valence-corrected chi connectivity index (χ4v) is 4.57. The van der Waals surface area contributed by atoms with Crippen molar-refractivity contribution in [3.8, 4) is 0 Å². The van der Waals surface area contributed by atoms with E-state index in [9.17, 15) is 4.79 Å². The van der Waals surface area contributed by atoms with Gasteiger partial charge in [-0.15, -0.1) is 0 Å². The quantitative estimate of drug-likeness (QED) is 0.799. The van der Waals surface area contributed by atoms with E-state index in [2.05, 4.69) is 28.9 Å². The Bertz CT molecular complexity index is 589. The van der Waals surface area contributed by atoms with Gasteiger partial charge in [0.25, 0.3) is 0 Å². The van der Waals surface area contributed by atoms with Crippen molar-refractivity contribution in [1.82, 2.24) is 10.2 Å². The maximum absolute atomic E-state index is 12.8. The summed E-state index contributed by atoms with van der Waals surface area (Å²) >= 11 is 0. The molecule has 2 N–H and O–H groups in total. The summed E-state index contributed by atoms with van der Waals surface area (Å²) in [6.45, 7) is 13.5. The zero-order valence-electron chi connectivity index (χ0n) is 16.7. The minimum atomic E-state index is 0.0397. The normalized spacial score (nSPS) is 23.3. The van der Waals surface area contributed by atoms with Gasteiger partial charge in [0.15, 0.2) is 0 Å². The average molecular weight is 358 g/mol. The predicted octanol–water partition coefficient (Wildman–Crippen LogP) is 4.10. The molecule has 2 fully saturated rings. The van der Waals surface area contributed by atoms with Crippen molar-refractivity contribution in [1.29, 1.82) is 5.41 Å². The smallest absolute Gasteiger partial charge is 0.225 e. The predicted molar refractivity (Wildman–Crippen MR) is 110 cm³/mol. The number of nitrogens with zero attached hydrogens (tertiary/aromatic N) is 1. The van der Waals surface area contributed by atoms with E-state index in [-0.39, 0.29) is 11.3 Å². The second-order valence-corrected chi connectivity index (χ2v) is 7.32. The van der Waals surface area contributed by atoms with Crippen molar-refractivity contribution in [3.05, 3.63) is 36.0 Å². The number of piperidine rings is 2. The molecular formula is C22H35N3O. The van der Waals surface area contributed by atoms with Crippen LogP contribution in [-0.4, -0.2) is 42.7 Å². The number of carbonyl (C=O) groups excluding carboxylic acids is 1. The van der Waals surface area contributed by atoms with Gasteiger partial charge in [0.1, 0.15) is 0 Å². The molecule has 1 spiro atoms. The maximum atomic E-state index is 12.8. The first kappa shape index (κ1) is 20.6. The number of carbonyl (C=O) groups is 1. The van der Waals surface area contributed by atoms with Crippen LogP contribution in [0.3, 0.4) is 0 Å². The third-order valence-electron chi connectivity index (χ3n) is 5.96. The van der Waals surface area contributed by atoms with Gasteiger partial charge in [-0.1, -0.05) is 38.7 Å². The van der Waals surface area contributed by atoms with Crippen molar-refractivity contribution in [2.24, 2.45) is 11.3 Å². The molecule has 4 nitrogen and oxygen atoms in total. The van der Waals surface area contributed by atoms with Crippen LogP contribution in [0.1, 0.15) is 52.9 Å². The summed E-state index contributed by atoms with van der Waals surface area (Å²) in [5.74, 6) is 0.552. The lowest BCUT2D eigenvalue weighted by molar-refractivity contribution is -0.138. The summed E-state index contributed by atoms with van der Waals surface area (Å²) in [4.78, 5) is 14.8. The van der Waals surface area contributed by atoms with Gasteiger partial charge >= 0.3 is 0 Å². The number of allylic oxidation sites excluding steroid dienone is 5. The summed E-state index contributed by atoms with van der Waals surface area (Å²) in [5, 5.41) is 11.7. The third-order valence-corrected chi connectivity index (χ3v) is 5.96. The van der Waals surface area contributed by atoms with Crippen LogP contribution in [0.4, 0.5) is 0 Å². The van der Waals surface area contributed by atoms with Crippen molar-refractivity contribution < 1.29 is 4.79 Å². The Hall–Kier alpha value is -1.68. The fraction of sp³-hybridized carbons (Fsp3) is 0.636. The molecule has 4 heteroatoms. The largest absolute Gasteiger partial charge is 0.342 e. The molecule has 0 aromatic carbocycles. The van der Waals surface area contributed by atoms with E-state index in [0.717, 1.165) is 63.9 Å². The van der Waals surface area contributed by atoms with E-state index < -0.39 is 0 Å². The van der Waals surface area contributed by atoms with E-state index in [1.54, 1.807) is 0 Å². The Balaban J connectivity index is 0.00000117. The molecule has 0 atom stereocenters. The lowest BCUT2D eigenvalue weighted by atomic mass is 9.72. The molecule has 0 aromatic rings. The first-order chi connectivity index (χ1) is 12.6.